The number of halogens is 1. The lowest BCUT2D eigenvalue weighted by molar-refractivity contribution is -0.122. The fourth-order valence-electron chi connectivity index (χ4n) is 4.19. The smallest absolute Gasteiger partial charge is 0.267 e. The molecule has 5 rings (SSSR count). The molecule has 1 amide bonds. The van der Waals surface area contributed by atoms with E-state index in [1.54, 1.807) is 4.90 Å². The van der Waals surface area contributed by atoms with Crippen LogP contribution in [0.15, 0.2) is 117 Å². The highest BCUT2D eigenvalue weighted by molar-refractivity contribution is 9.10. The second-order valence-corrected chi connectivity index (χ2v) is 11.0. The van der Waals surface area contributed by atoms with E-state index in [2.05, 4.69) is 15.9 Å². The van der Waals surface area contributed by atoms with E-state index in [1.807, 2.05) is 116 Å². The Hall–Kier alpha value is -3.81. The maximum Gasteiger partial charge on any atom is 0.267 e. The summed E-state index contributed by atoms with van der Waals surface area (Å²) in [5.74, 6) is 1.19. The lowest BCUT2D eigenvalue weighted by Gasteiger charge is -2.16. The first-order valence-electron chi connectivity index (χ1n) is 13.1. The van der Waals surface area contributed by atoms with Gasteiger partial charge in [-0.3, -0.25) is 14.7 Å². The van der Waals surface area contributed by atoms with Gasteiger partial charge in [0.05, 0.1) is 24.6 Å². The lowest BCUT2D eigenvalue weighted by Crippen LogP contribution is -2.28. The maximum atomic E-state index is 13.7. The molecule has 4 aromatic carbocycles. The molecule has 0 radical (unpaired) electrons. The first-order chi connectivity index (χ1) is 19.6. The topological polar surface area (TPSA) is 51.1 Å². The Morgan fingerprint density at radius 1 is 0.825 bits per heavy atom. The minimum atomic E-state index is -0.0741. The van der Waals surface area contributed by atoms with Crippen molar-refractivity contribution in [3.05, 3.63) is 135 Å². The number of thioether (sulfide) groups is 1. The van der Waals surface area contributed by atoms with E-state index in [4.69, 9.17) is 14.5 Å². The number of carbonyl (C=O) groups excluding carboxylic acids is 1. The maximum absolute atomic E-state index is 13.7. The standard InChI is InChI=1S/C33H29BrN2O3S/c1-2-38-29-18-27(28(34)20-30(29)39-23-26-16-10-5-11-17-26)19-31-32(37)36(22-25-14-8-4-9-15-25)33(40-31)35-21-24-12-6-3-7-13-24/h3-20H,2,21-23H2,1H3/b31-19-,35-33?. The van der Waals surface area contributed by atoms with Gasteiger partial charge in [0.2, 0.25) is 0 Å². The van der Waals surface area contributed by atoms with E-state index in [1.165, 1.54) is 11.8 Å². The van der Waals surface area contributed by atoms with Crippen molar-refractivity contribution < 1.29 is 14.3 Å². The monoisotopic (exact) mass is 612 g/mol. The number of aliphatic imine (C=N–C) groups is 1. The van der Waals surface area contributed by atoms with Crippen molar-refractivity contribution in [2.75, 3.05) is 6.61 Å². The highest BCUT2D eigenvalue weighted by Crippen LogP contribution is 2.39. The molecule has 7 heteroatoms. The van der Waals surface area contributed by atoms with Gasteiger partial charge in [-0.2, -0.15) is 0 Å². The number of hydrogen-bond donors (Lipinski definition) is 0. The van der Waals surface area contributed by atoms with Gasteiger partial charge in [0.15, 0.2) is 16.7 Å². The van der Waals surface area contributed by atoms with Crippen LogP contribution in [-0.4, -0.2) is 22.6 Å². The number of amidine groups is 1. The summed E-state index contributed by atoms with van der Waals surface area (Å²) >= 11 is 5.08. The van der Waals surface area contributed by atoms with Gasteiger partial charge in [-0.25, -0.2) is 0 Å². The predicted molar refractivity (Wildman–Crippen MR) is 166 cm³/mol. The van der Waals surface area contributed by atoms with E-state index >= 15 is 0 Å². The molecule has 0 N–H and O–H groups in total. The Bertz CT molecular complexity index is 1510. The van der Waals surface area contributed by atoms with Crippen LogP contribution in [-0.2, 0) is 24.5 Å². The zero-order valence-electron chi connectivity index (χ0n) is 22.1. The van der Waals surface area contributed by atoms with Crippen LogP contribution in [0.25, 0.3) is 6.08 Å². The molecule has 0 saturated carbocycles. The second-order valence-electron chi connectivity index (χ2n) is 9.10. The third-order valence-electron chi connectivity index (χ3n) is 6.20. The van der Waals surface area contributed by atoms with E-state index in [9.17, 15) is 4.79 Å². The molecule has 0 unspecified atom stereocenters. The molecule has 1 aliphatic rings. The van der Waals surface area contributed by atoms with Gasteiger partial charge in [-0.05, 0) is 59.1 Å². The third-order valence-corrected chi connectivity index (χ3v) is 7.93. The molecule has 1 fully saturated rings. The zero-order valence-corrected chi connectivity index (χ0v) is 24.5. The summed E-state index contributed by atoms with van der Waals surface area (Å²) in [5.41, 5.74) is 4.04. The number of hydrogen-bond acceptors (Lipinski definition) is 5. The third kappa shape index (κ3) is 7.03. The molecule has 0 bridgehead atoms. The van der Waals surface area contributed by atoms with Crippen molar-refractivity contribution in [1.82, 2.24) is 4.90 Å². The van der Waals surface area contributed by atoms with Crippen molar-refractivity contribution in [3.63, 3.8) is 0 Å². The summed E-state index contributed by atoms with van der Waals surface area (Å²) in [4.78, 5) is 20.9. The molecule has 0 aliphatic carbocycles. The fourth-order valence-corrected chi connectivity index (χ4v) is 5.60. The van der Waals surface area contributed by atoms with Crippen molar-refractivity contribution in [2.24, 2.45) is 4.99 Å². The normalized spacial score (nSPS) is 15.2. The summed E-state index contributed by atoms with van der Waals surface area (Å²) in [6.07, 6.45) is 1.89. The van der Waals surface area contributed by atoms with Crippen LogP contribution in [0.1, 0.15) is 29.2 Å². The molecule has 1 aliphatic heterocycles. The average molecular weight is 614 g/mol. The Morgan fingerprint density at radius 3 is 2.08 bits per heavy atom. The molecular weight excluding hydrogens is 584 g/mol. The highest BCUT2D eigenvalue weighted by atomic mass is 79.9. The second kappa shape index (κ2) is 13.5. The van der Waals surface area contributed by atoms with Crippen LogP contribution in [0, 0.1) is 0 Å². The Balaban J connectivity index is 1.43. The fraction of sp³-hybridized carbons (Fsp3) is 0.152. The molecule has 5 nitrogen and oxygen atoms in total. The minimum absolute atomic E-state index is 0.0741. The van der Waals surface area contributed by atoms with E-state index in [-0.39, 0.29) is 5.91 Å². The molecule has 0 atom stereocenters. The van der Waals surface area contributed by atoms with E-state index in [0.29, 0.717) is 47.9 Å². The van der Waals surface area contributed by atoms with Crippen molar-refractivity contribution >= 4 is 44.8 Å². The Morgan fingerprint density at radius 2 is 1.43 bits per heavy atom. The summed E-state index contributed by atoms with van der Waals surface area (Å²) in [6, 6.07) is 33.8. The molecule has 1 heterocycles. The SMILES string of the molecule is CCOc1cc(/C=C2\SC(=NCc3ccccc3)N(Cc3ccccc3)C2=O)c(Br)cc1OCc1ccccc1. The van der Waals surface area contributed by atoms with E-state index < -0.39 is 0 Å². The van der Waals surface area contributed by atoms with Gasteiger partial charge in [0.25, 0.3) is 5.91 Å². The number of nitrogens with zero attached hydrogens (tertiary/aromatic N) is 2. The van der Waals surface area contributed by atoms with Gasteiger partial charge in [0, 0.05) is 4.47 Å². The number of rotatable bonds is 10. The molecule has 1 saturated heterocycles. The number of amides is 1. The molecule has 40 heavy (non-hydrogen) atoms. The van der Waals surface area contributed by atoms with Crippen molar-refractivity contribution in [2.45, 2.75) is 26.6 Å². The quantitative estimate of drug-likeness (QED) is 0.170. The van der Waals surface area contributed by atoms with Crippen LogP contribution in [0.5, 0.6) is 11.5 Å². The number of carbonyl (C=O) groups is 1. The summed E-state index contributed by atoms with van der Waals surface area (Å²) in [6.45, 7) is 3.82. The molecule has 4 aromatic rings. The summed E-state index contributed by atoms with van der Waals surface area (Å²) < 4.78 is 12.8. The van der Waals surface area contributed by atoms with Gasteiger partial charge in [-0.15, -0.1) is 0 Å². The number of benzene rings is 4. The van der Waals surface area contributed by atoms with Gasteiger partial charge in [0.1, 0.15) is 6.61 Å². The van der Waals surface area contributed by atoms with Crippen LogP contribution in [0.3, 0.4) is 0 Å². The average Bonchev–Trinajstić information content (AvgIpc) is 3.27. The van der Waals surface area contributed by atoms with Crippen LogP contribution in [0.2, 0.25) is 0 Å². The molecule has 0 spiro atoms. The predicted octanol–water partition coefficient (Wildman–Crippen LogP) is 8.10. The first kappa shape index (κ1) is 27.7. The largest absolute Gasteiger partial charge is 0.490 e. The van der Waals surface area contributed by atoms with Gasteiger partial charge in [-0.1, -0.05) is 107 Å². The first-order valence-corrected chi connectivity index (χ1v) is 14.7. The van der Waals surface area contributed by atoms with Crippen LogP contribution < -0.4 is 9.47 Å². The van der Waals surface area contributed by atoms with Gasteiger partial charge < -0.3 is 9.47 Å². The van der Waals surface area contributed by atoms with Crippen LogP contribution in [0.4, 0.5) is 0 Å². The van der Waals surface area contributed by atoms with Crippen LogP contribution >= 0.6 is 27.7 Å². The number of ether oxygens (including phenoxy) is 2. The molecule has 202 valence electrons. The summed E-state index contributed by atoms with van der Waals surface area (Å²) in [5, 5.41) is 0.688. The molecular formula is C33H29BrN2O3S. The molecule has 0 aromatic heterocycles. The Kier molecular flexibility index (Phi) is 9.37. The lowest BCUT2D eigenvalue weighted by atomic mass is 10.1. The minimum Gasteiger partial charge on any atom is -0.490 e. The highest BCUT2D eigenvalue weighted by Gasteiger charge is 2.33. The van der Waals surface area contributed by atoms with Crippen molar-refractivity contribution in [1.29, 1.82) is 0 Å². The van der Waals surface area contributed by atoms with Gasteiger partial charge >= 0.3 is 0 Å². The van der Waals surface area contributed by atoms with Crippen molar-refractivity contribution in [3.8, 4) is 11.5 Å². The van der Waals surface area contributed by atoms with E-state index in [0.717, 1.165) is 26.7 Å². The Labute approximate surface area is 247 Å². The zero-order chi connectivity index (χ0) is 27.7. The summed E-state index contributed by atoms with van der Waals surface area (Å²) in [7, 11) is 0.